The molecule has 0 bridgehead atoms. The first-order valence-electron chi connectivity index (χ1n) is 11.4. The summed E-state index contributed by atoms with van der Waals surface area (Å²) in [5, 5.41) is 21.5. The van der Waals surface area contributed by atoms with Gasteiger partial charge in [0.25, 0.3) is 0 Å². The molecule has 3 aromatic carbocycles. The number of amidine groups is 1. The van der Waals surface area contributed by atoms with Crippen LogP contribution in [0.15, 0.2) is 95.7 Å². The number of hydrogen-bond donors (Lipinski definition) is 2. The Labute approximate surface area is 204 Å². The van der Waals surface area contributed by atoms with Gasteiger partial charge in [0, 0.05) is 45.5 Å². The number of Topliss-reactive ketones (excluding diaryl/α,β-unsaturated/α-hetero) is 1. The monoisotopic (exact) mass is 468 g/mol. The molecule has 170 valence electrons. The van der Waals surface area contributed by atoms with Crippen molar-refractivity contribution in [2.75, 3.05) is 4.90 Å². The van der Waals surface area contributed by atoms with Gasteiger partial charge in [0.05, 0.1) is 0 Å². The zero-order valence-corrected chi connectivity index (χ0v) is 19.6. The van der Waals surface area contributed by atoms with E-state index in [0.29, 0.717) is 40.3 Å². The summed E-state index contributed by atoms with van der Waals surface area (Å²) in [6.07, 6.45) is 1.86. The number of nitrogens with one attached hydrogen (secondary N) is 1. The predicted octanol–water partition coefficient (Wildman–Crippen LogP) is 7.21. The molecule has 1 unspecified atom stereocenters. The Hall–Kier alpha value is -3.63. The molecule has 0 saturated carbocycles. The number of anilines is 1. The second-order valence-corrected chi connectivity index (χ2v) is 9.21. The summed E-state index contributed by atoms with van der Waals surface area (Å²) in [5.41, 5.74) is 5.18. The molecule has 3 aromatic rings. The van der Waals surface area contributed by atoms with Gasteiger partial charge < -0.3 is 5.11 Å². The van der Waals surface area contributed by atoms with Crippen LogP contribution in [0.1, 0.15) is 41.9 Å². The van der Waals surface area contributed by atoms with E-state index in [9.17, 15) is 15.3 Å². The number of allylic oxidation sites excluding steroid dienone is 2. The third kappa shape index (κ3) is 3.84. The van der Waals surface area contributed by atoms with E-state index in [1.807, 2.05) is 73.7 Å². The van der Waals surface area contributed by atoms with E-state index in [1.165, 1.54) is 0 Å². The maximum Gasteiger partial charge on any atom is 0.161 e. The number of carbonyl (C=O) groups is 1. The second-order valence-electron chi connectivity index (χ2n) is 8.77. The van der Waals surface area contributed by atoms with E-state index < -0.39 is 5.92 Å². The van der Waals surface area contributed by atoms with Crippen molar-refractivity contribution < 1.29 is 9.90 Å². The van der Waals surface area contributed by atoms with Crippen LogP contribution in [0.5, 0.6) is 0 Å². The van der Waals surface area contributed by atoms with E-state index in [1.54, 1.807) is 17.0 Å². The number of aliphatic hydroxyl groups excluding tert-OH is 1. The molecule has 2 aliphatic rings. The Morgan fingerprint density at radius 1 is 1.00 bits per heavy atom. The highest BCUT2D eigenvalue weighted by molar-refractivity contribution is 6.31. The van der Waals surface area contributed by atoms with Gasteiger partial charge in [-0.2, -0.15) is 0 Å². The molecule has 0 saturated heterocycles. The van der Waals surface area contributed by atoms with Crippen molar-refractivity contribution in [2.45, 2.75) is 32.1 Å². The van der Waals surface area contributed by atoms with E-state index in [4.69, 9.17) is 11.6 Å². The number of benzene rings is 3. The van der Waals surface area contributed by atoms with Crippen LogP contribution < -0.4 is 4.90 Å². The Bertz CT molecular complexity index is 1340. The van der Waals surface area contributed by atoms with Gasteiger partial charge in [-0.25, -0.2) is 0 Å². The van der Waals surface area contributed by atoms with Gasteiger partial charge in [0.15, 0.2) is 5.78 Å². The summed E-state index contributed by atoms with van der Waals surface area (Å²) in [6.45, 7) is 1.99. The fraction of sp³-hybridized carbons (Fsp3) is 0.172. The normalized spacial score (nSPS) is 19.8. The quantitative estimate of drug-likeness (QED) is 0.399. The first-order valence-corrected chi connectivity index (χ1v) is 11.8. The first-order chi connectivity index (χ1) is 16.5. The van der Waals surface area contributed by atoms with Gasteiger partial charge in [0.2, 0.25) is 0 Å². The highest BCUT2D eigenvalue weighted by Crippen LogP contribution is 2.48. The van der Waals surface area contributed by atoms with Gasteiger partial charge in [0.1, 0.15) is 11.6 Å². The third-order valence-corrected chi connectivity index (χ3v) is 6.77. The molecule has 34 heavy (non-hydrogen) atoms. The van der Waals surface area contributed by atoms with Crippen molar-refractivity contribution >= 4 is 34.7 Å². The Morgan fingerprint density at radius 2 is 1.74 bits per heavy atom. The van der Waals surface area contributed by atoms with Crippen molar-refractivity contribution in [3.05, 3.63) is 117 Å². The van der Waals surface area contributed by atoms with Gasteiger partial charge in [-0.05, 0) is 43.5 Å². The van der Waals surface area contributed by atoms with Gasteiger partial charge >= 0.3 is 0 Å². The van der Waals surface area contributed by atoms with Gasteiger partial charge in [-0.15, -0.1) is 0 Å². The fourth-order valence-electron chi connectivity index (χ4n) is 4.94. The zero-order chi connectivity index (χ0) is 23.8. The van der Waals surface area contributed by atoms with Crippen LogP contribution in [0, 0.1) is 12.3 Å². The van der Waals surface area contributed by atoms with Crippen LogP contribution in [0.4, 0.5) is 5.69 Å². The van der Waals surface area contributed by atoms with Crippen molar-refractivity contribution in [1.29, 1.82) is 5.41 Å². The van der Waals surface area contributed by atoms with Crippen LogP contribution in [0.2, 0.25) is 5.02 Å². The van der Waals surface area contributed by atoms with Crippen LogP contribution >= 0.6 is 11.6 Å². The van der Waals surface area contributed by atoms with E-state index in [2.05, 4.69) is 0 Å². The molecule has 0 fully saturated rings. The minimum Gasteiger partial charge on any atom is -0.507 e. The molecule has 0 amide bonds. The molecule has 1 aliphatic carbocycles. The first kappa shape index (κ1) is 22.2. The van der Waals surface area contributed by atoms with Crippen molar-refractivity contribution in [3.8, 4) is 0 Å². The zero-order valence-electron chi connectivity index (χ0n) is 18.9. The molecule has 1 heterocycles. The third-order valence-electron chi connectivity index (χ3n) is 6.53. The lowest BCUT2D eigenvalue weighted by Crippen LogP contribution is -2.42. The molecule has 2 N–H and O–H groups in total. The largest absolute Gasteiger partial charge is 0.507 e. The molecule has 1 atom stereocenters. The van der Waals surface area contributed by atoms with Gasteiger partial charge in [-0.1, -0.05) is 77.8 Å². The average Bonchev–Trinajstić information content (AvgIpc) is 2.84. The van der Waals surface area contributed by atoms with Crippen LogP contribution in [0.25, 0.3) is 5.76 Å². The lowest BCUT2D eigenvalue weighted by atomic mass is 9.73. The number of rotatable bonds is 3. The highest BCUT2D eigenvalue weighted by Gasteiger charge is 2.43. The number of halogens is 1. The number of ketones is 1. The minimum atomic E-state index is -0.520. The van der Waals surface area contributed by atoms with E-state index in [0.717, 1.165) is 23.2 Å². The summed E-state index contributed by atoms with van der Waals surface area (Å²) >= 11 is 6.31. The highest BCUT2D eigenvalue weighted by atomic mass is 35.5. The molecule has 5 rings (SSSR count). The number of nitrogens with zero attached hydrogens (tertiary/aromatic N) is 1. The Balaban J connectivity index is 1.82. The topological polar surface area (TPSA) is 64.4 Å². The van der Waals surface area contributed by atoms with Crippen LogP contribution in [0.3, 0.4) is 0 Å². The van der Waals surface area contributed by atoms with E-state index >= 15 is 0 Å². The molecule has 4 nitrogen and oxygen atoms in total. The summed E-state index contributed by atoms with van der Waals surface area (Å²) in [7, 11) is 0. The van der Waals surface area contributed by atoms with Crippen molar-refractivity contribution in [1.82, 2.24) is 0 Å². The molecule has 0 spiro atoms. The Morgan fingerprint density at radius 3 is 2.44 bits per heavy atom. The predicted molar refractivity (Wildman–Crippen MR) is 137 cm³/mol. The summed E-state index contributed by atoms with van der Waals surface area (Å²) < 4.78 is 0. The van der Waals surface area contributed by atoms with Gasteiger partial charge in [-0.3, -0.25) is 15.1 Å². The molecule has 0 radical (unpaired) electrons. The smallest absolute Gasteiger partial charge is 0.161 e. The molecule has 0 aromatic heterocycles. The second kappa shape index (κ2) is 8.96. The van der Waals surface area contributed by atoms with Crippen LogP contribution in [-0.2, 0) is 4.79 Å². The maximum atomic E-state index is 13.4. The summed E-state index contributed by atoms with van der Waals surface area (Å²) in [4.78, 5) is 15.2. The standard InChI is InChI=1S/C29H25ClN2O2/c1-18-13-15-20(16-14-18)28(34)27-25(19-7-3-2-4-8-19)26-23(11-6-12-24(26)33)32(29(27)31)22-10-5-9-21(30)17-22/h2-5,7-10,13-17,25,31,34H,6,11-12H2,1H3/b28-27+,31-29?. The number of aryl methyl sites for hydroxylation is 1. The average molecular weight is 469 g/mol. The van der Waals surface area contributed by atoms with Crippen molar-refractivity contribution in [2.24, 2.45) is 0 Å². The summed E-state index contributed by atoms with van der Waals surface area (Å²) in [5.74, 6) is -0.296. The van der Waals surface area contributed by atoms with E-state index in [-0.39, 0.29) is 17.4 Å². The molecule has 1 aliphatic heterocycles. The summed E-state index contributed by atoms with van der Waals surface area (Å²) in [6, 6.07) is 24.6. The fourth-order valence-corrected chi connectivity index (χ4v) is 5.12. The SMILES string of the molecule is Cc1ccc(/C(O)=C2\C(=N)N(c3cccc(Cl)c3)C3=C(C(=O)CCC3)C2c2ccccc2)cc1. The minimum absolute atomic E-state index is 0.0100. The lowest BCUT2D eigenvalue weighted by Gasteiger charge is -2.41. The number of carbonyl (C=O) groups excluding carboxylic acids is 1. The number of hydrogen-bond acceptors (Lipinski definition) is 3. The van der Waals surface area contributed by atoms with Crippen LogP contribution in [-0.4, -0.2) is 16.7 Å². The molecular weight excluding hydrogens is 444 g/mol. The van der Waals surface area contributed by atoms with Crippen molar-refractivity contribution in [3.63, 3.8) is 0 Å². The lowest BCUT2D eigenvalue weighted by molar-refractivity contribution is -0.116. The number of aliphatic hydroxyl groups is 1. The molecule has 5 heteroatoms. The molecular formula is C29H25ClN2O2. The maximum absolute atomic E-state index is 13.4. The Kier molecular flexibility index (Phi) is 5.84.